The molecule has 2 aliphatic heterocycles. The minimum atomic E-state index is -1.21. The van der Waals surface area contributed by atoms with Gasteiger partial charge < -0.3 is 30.7 Å². The summed E-state index contributed by atoms with van der Waals surface area (Å²) in [5.74, 6) is -1.15. The van der Waals surface area contributed by atoms with Crippen LogP contribution in [0.4, 0.5) is 11.4 Å². The Labute approximate surface area is 278 Å². The van der Waals surface area contributed by atoms with Crippen LogP contribution in [0.15, 0.2) is 65.5 Å². The summed E-state index contributed by atoms with van der Waals surface area (Å²) in [4.78, 5) is 57.9. The molecule has 10 nitrogen and oxygen atoms in total. The second-order valence-electron chi connectivity index (χ2n) is 13.1. The molecule has 2 aromatic carbocycles. The molecule has 4 amide bonds. The molecule has 0 spiro atoms. The van der Waals surface area contributed by atoms with Crippen LogP contribution in [0.2, 0.25) is 0 Å². The molecule has 0 bridgehead atoms. The van der Waals surface area contributed by atoms with Crippen molar-refractivity contribution in [1.82, 2.24) is 15.2 Å². The Morgan fingerprint density at radius 1 is 1.11 bits per heavy atom. The van der Waals surface area contributed by atoms with Crippen LogP contribution in [-0.4, -0.2) is 52.4 Å². The monoisotopic (exact) mass is 654 g/mol. The van der Waals surface area contributed by atoms with E-state index >= 15 is 0 Å². The second-order valence-corrected chi connectivity index (χ2v) is 13.9. The maximum Gasteiger partial charge on any atom is 0.250 e. The minimum Gasteiger partial charge on any atom is -0.347 e. The van der Waals surface area contributed by atoms with E-state index in [0.29, 0.717) is 25.2 Å². The van der Waals surface area contributed by atoms with E-state index in [1.165, 1.54) is 0 Å². The van der Waals surface area contributed by atoms with E-state index in [2.05, 4.69) is 28.2 Å². The molecule has 11 heteroatoms. The highest BCUT2D eigenvalue weighted by Gasteiger charge is 2.39. The van der Waals surface area contributed by atoms with Gasteiger partial charge in [0, 0.05) is 49.5 Å². The van der Waals surface area contributed by atoms with Crippen molar-refractivity contribution in [1.29, 1.82) is 0 Å². The molecule has 2 atom stereocenters. The van der Waals surface area contributed by atoms with Crippen molar-refractivity contribution in [3.63, 3.8) is 0 Å². The zero-order valence-corrected chi connectivity index (χ0v) is 27.9. The van der Waals surface area contributed by atoms with Gasteiger partial charge in [0.1, 0.15) is 12.1 Å². The van der Waals surface area contributed by atoms with Crippen molar-refractivity contribution >= 4 is 57.2 Å². The van der Waals surface area contributed by atoms with Crippen LogP contribution in [-0.2, 0) is 45.1 Å². The highest BCUT2D eigenvalue weighted by Crippen LogP contribution is 2.40. The average Bonchev–Trinajstić information content (AvgIpc) is 3.79. The van der Waals surface area contributed by atoms with Crippen molar-refractivity contribution in [3.05, 3.63) is 82.2 Å². The topological polar surface area (TPSA) is 130 Å². The lowest BCUT2D eigenvalue weighted by Crippen LogP contribution is -2.60. The summed E-state index contributed by atoms with van der Waals surface area (Å²) in [6.07, 6.45) is 4.71. The molecule has 0 radical (unpaired) electrons. The number of aromatic nitrogens is 1. The van der Waals surface area contributed by atoms with Crippen LogP contribution >= 0.6 is 11.3 Å². The third kappa shape index (κ3) is 6.68. The Balaban J connectivity index is 1.32. The van der Waals surface area contributed by atoms with Crippen molar-refractivity contribution < 1.29 is 19.2 Å². The van der Waals surface area contributed by atoms with Crippen LogP contribution in [0, 0.1) is 0 Å². The van der Waals surface area contributed by atoms with E-state index in [1.54, 1.807) is 35.0 Å². The van der Waals surface area contributed by atoms with E-state index in [4.69, 9.17) is 5.73 Å². The smallest absolute Gasteiger partial charge is 0.250 e. The Morgan fingerprint density at radius 2 is 1.91 bits per heavy atom. The van der Waals surface area contributed by atoms with Crippen LogP contribution in [0.5, 0.6) is 0 Å². The third-order valence-electron chi connectivity index (χ3n) is 8.92. The number of rotatable bonds is 11. The predicted molar refractivity (Wildman–Crippen MR) is 185 cm³/mol. The summed E-state index contributed by atoms with van der Waals surface area (Å²) in [5, 5.41) is 10.8. The van der Waals surface area contributed by atoms with Crippen molar-refractivity contribution in [2.75, 3.05) is 16.3 Å². The Kier molecular flexibility index (Phi) is 9.20. The van der Waals surface area contributed by atoms with Gasteiger partial charge in [0.05, 0.1) is 23.5 Å². The van der Waals surface area contributed by atoms with Crippen molar-refractivity contribution in [3.8, 4) is 0 Å². The number of carbonyl (C=O) groups excluding carboxylic acids is 4. The number of benzene rings is 2. The maximum atomic E-state index is 14.3. The van der Waals surface area contributed by atoms with Gasteiger partial charge in [-0.25, -0.2) is 0 Å². The zero-order chi connectivity index (χ0) is 33.3. The SMILES string of the molecule is CCCn1cc(C[C@@H](NC(=O)C(C)(C)N)C(=O)NC2Cc3cccc(N4CCCC4=O)c3N(Cc3ccsc3)C2=O)c2ccccc21. The molecule has 246 valence electrons. The van der Waals surface area contributed by atoms with Gasteiger partial charge in [-0.2, -0.15) is 11.3 Å². The first kappa shape index (κ1) is 32.5. The number of anilines is 2. The largest absolute Gasteiger partial charge is 0.347 e. The van der Waals surface area contributed by atoms with Gasteiger partial charge in [0.25, 0.3) is 0 Å². The van der Waals surface area contributed by atoms with Gasteiger partial charge in [-0.1, -0.05) is 37.3 Å². The minimum absolute atomic E-state index is 0.0402. The number of amides is 4. The van der Waals surface area contributed by atoms with Gasteiger partial charge in [-0.15, -0.1) is 0 Å². The highest BCUT2D eigenvalue weighted by molar-refractivity contribution is 7.07. The van der Waals surface area contributed by atoms with Crippen LogP contribution in [0.3, 0.4) is 0 Å². The quantitative estimate of drug-likeness (QED) is 0.222. The number of carbonyl (C=O) groups is 4. The Morgan fingerprint density at radius 3 is 2.62 bits per heavy atom. The van der Waals surface area contributed by atoms with Crippen molar-refractivity contribution in [2.45, 2.75) is 83.6 Å². The van der Waals surface area contributed by atoms with E-state index in [0.717, 1.165) is 52.7 Å². The lowest BCUT2D eigenvalue weighted by Gasteiger charge is -2.37. The van der Waals surface area contributed by atoms with E-state index in [1.807, 2.05) is 59.4 Å². The number of nitrogens with zero attached hydrogens (tertiary/aromatic N) is 3. The maximum absolute atomic E-state index is 14.3. The summed E-state index contributed by atoms with van der Waals surface area (Å²) in [5.41, 5.74) is 10.2. The predicted octanol–water partition coefficient (Wildman–Crippen LogP) is 4.28. The number of hydrogen-bond acceptors (Lipinski definition) is 6. The Bertz CT molecular complexity index is 1810. The number of aryl methyl sites for hydroxylation is 1. The van der Waals surface area contributed by atoms with E-state index < -0.39 is 29.4 Å². The number of nitrogens with two attached hydrogens (primary N) is 1. The zero-order valence-electron chi connectivity index (χ0n) is 27.1. The molecule has 1 fully saturated rings. The number of nitrogens with one attached hydrogen (secondary N) is 2. The molecule has 2 aromatic heterocycles. The van der Waals surface area contributed by atoms with E-state index in [-0.39, 0.29) is 24.7 Å². The first-order chi connectivity index (χ1) is 22.5. The van der Waals surface area contributed by atoms with Gasteiger partial charge in [0.15, 0.2) is 0 Å². The van der Waals surface area contributed by atoms with E-state index in [9.17, 15) is 19.2 Å². The van der Waals surface area contributed by atoms with Gasteiger partial charge >= 0.3 is 0 Å². The highest BCUT2D eigenvalue weighted by atomic mass is 32.1. The Hall–Kier alpha value is -4.48. The van der Waals surface area contributed by atoms with Crippen LogP contribution < -0.4 is 26.2 Å². The standard InChI is InChI=1S/C36H42N6O4S/c1-4-15-40-21-25(26-10-5-6-11-29(26)40)19-27(39-35(46)36(2,3)37)33(44)38-28-18-24-9-7-12-30(41-16-8-13-31(41)43)32(24)42(34(28)45)20-23-14-17-47-22-23/h5-7,9-12,14,17,21-22,27-28H,4,8,13,15-16,18-20,37H2,1-3H3,(H,38,44)(H,39,46)/t27-,28?/m1/s1. The van der Waals surface area contributed by atoms with Gasteiger partial charge in [0.2, 0.25) is 23.6 Å². The first-order valence-corrected chi connectivity index (χ1v) is 17.2. The molecule has 4 N–H and O–H groups in total. The summed E-state index contributed by atoms with van der Waals surface area (Å²) < 4.78 is 2.17. The molecule has 47 heavy (non-hydrogen) atoms. The second kappa shape index (κ2) is 13.3. The fourth-order valence-electron chi connectivity index (χ4n) is 6.57. The molecule has 4 aromatic rings. The molecule has 0 aliphatic carbocycles. The molecule has 1 unspecified atom stereocenters. The van der Waals surface area contributed by atoms with Gasteiger partial charge in [-0.05, 0) is 72.3 Å². The van der Waals surface area contributed by atoms with Gasteiger partial charge in [-0.3, -0.25) is 19.2 Å². The van der Waals surface area contributed by atoms with Crippen LogP contribution in [0.1, 0.15) is 56.7 Å². The first-order valence-electron chi connectivity index (χ1n) is 16.3. The normalized spacial score (nSPS) is 17.2. The van der Waals surface area contributed by atoms with Crippen LogP contribution in [0.25, 0.3) is 10.9 Å². The molecule has 1 saturated heterocycles. The molecular formula is C36H42N6O4S. The lowest BCUT2D eigenvalue weighted by atomic mass is 9.94. The molecule has 4 heterocycles. The summed E-state index contributed by atoms with van der Waals surface area (Å²) >= 11 is 1.55. The molecule has 6 rings (SSSR count). The number of para-hydroxylation sites is 2. The van der Waals surface area contributed by atoms with Crippen molar-refractivity contribution in [2.24, 2.45) is 5.73 Å². The molecule has 2 aliphatic rings. The number of thiophene rings is 1. The summed E-state index contributed by atoms with van der Waals surface area (Å²) in [6, 6.07) is 13.9. The lowest BCUT2D eigenvalue weighted by molar-refractivity contribution is -0.133. The number of hydrogen-bond donors (Lipinski definition) is 3. The fraction of sp³-hybridized carbons (Fsp3) is 0.389. The fourth-order valence-corrected chi connectivity index (χ4v) is 7.23. The summed E-state index contributed by atoms with van der Waals surface area (Å²) in [6.45, 7) is 7.03. The molecule has 0 saturated carbocycles. The summed E-state index contributed by atoms with van der Waals surface area (Å²) in [7, 11) is 0. The molecular weight excluding hydrogens is 613 g/mol. The third-order valence-corrected chi connectivity index (χ3v) is 9.66. The average molecular weight is 655 g/mol. The number of fused-ring (bicyclic) bond motifs is 2.